The van der Waals surface area contributed by atoms with Crippen LogP contribution in [0.25, 0.3) is 0 Å². The van der Waals surface area contributed by atoms with Crippen LogP contribution in [0.4, 0.5) is 0 Å². The number of nitrogens with one attached hydrogen (secondary N) is 1. The van der Waals surface area contributed by atoms with Crippen molar-refractivity contribution in [3.05, 3.63) is 29.8 Å². The molecule has 0 aliphatic heterocycles. The zero-order chi connectivity index (χ0) is 14.6. The van der Waals surface area contributed by atoms with Crippen molar-refractivity contribution in [2.24, 2.45) is 0 Å². The minimum atomic E-state index is -0.0895. The first-order valence-electron chi connectivity index (χ1n) is 7.38. The Morgan fingerprint density at radius 2 is 2.15 bits per heavy atom. The van der Waals surface area contributed by atoms with Crippen LogP contribution in [0, 0.1) is 11.3 Å². The normalized spacial score (nSPS) is 16.5. The van der Waals surface area contributed by atoms with E-state index in [9.17, 15) is 0 Å². The van der Waals surface area contributed by atoms with Gasteiger partial charge in [-0.15, -0.1) is 0 Å². The van der Waals surface area contributed by atoms with Crippen LogP contribution in [-0.4, -0.2) is 18.7 Å². The average molecular weight is 272 g/mol. The number of rotatable bonds is 6. The summed E-state index contributed by atoms with van der Waals surface area (Å²) in [4.78, 5) is 0. The number of nitriles is 1. The maximum Gasteiger partial charge on any atom is 0.119 e. The van der Waals surface area contributed by atoms with E-state index >= 15 is 0 Å². The molecule has 0 aromatic heterocycles. The lowest BCUT2D eigenvalue weighted by Crippen LogP contribution is -2.31. The Balaban J connectivity index is 1.82. The number of hydrogen-bond donors (Lipinski definition) is 1. The molecular weight excluding hydrogens is 248 g/mol. The zero-order valence-corrected chi connectivity index (χ0v) is 12.6. The maximum absolute atomic E-state index is 9.08. The second-order valence-corrected chi connectivity index (χ2v) is 6.54. The highest BCUT2D eigenvalue weighted by atomic mass is 16.5. The second kappa shape index (κ2) is 6.28. The molecule has 1 atom stereocenters. The highest BCUT2D eigenvalue weighted by Crippen LogP contribution is 2.25. The summed E-state index contributed by atoms with van der Waals surface area (Å²) < 4.78 is 5.79. The highest BCUT2D eigenvalue weighted by Gasteiger charge is 2.24. The molecule has 0 heterocycles. The number of nitrogens with zero attached hydrogens (tertiary/aromatic N) is 1. The Morgan fingerprint density at radius 3 is 2.75 bits per heavy atom. The van der Waals surface area contributed by atoms with Crippen LogP contribution in [-0.2, 0) is 5.41 Å². The molecule has 1 aromatic carbocycles. The largest absolute Gasteiger partial charge is 0.493 e. The van der Waals surface area contributed by atoms with E-state index in [0.717, 1.165) is 12.2 Å². The lowest BCUT2D eigenvalue weighted by molar-refractivity contribution is 0.296. The fraction of sp³-hybridized carbons (Fsp3) is 0.588. The lowest BCUT2D eigenvalue weighted by atomic mass is 9.87. The molecule has 0 radical (unpaired) electrons. The van der Waals surface area contributed by atoms with Gasteiger partial charge in [-0.2, -0.15) is 5.26 Å². The van der Waals surface area contributed by atoms with Crippen LogP contribution in [0.3, 0.4) is 0 Å². The van der Waals surface area contributed by atoms with Crippen molar-refractivity contribution in [3.8, 4) is 11.8 Å². The van der Waals surface area contributed by atoms with Gasteiger partial charge in [0.1, 0.15) is 5.75 Å². The van der Waals surface area contributed by atoms with Crippen molar-refractivity contribution in [2.45, 2.75) is 57.5 Å². The van der Waals surface area contributed by atoms with E-state index < -0.39 is 0 Å². The van der Waals surface area contributed by atoms with Gasteiger partial charge in [-0.1, -0.05) is 32.9 Å². The fourth-order valence-electron chi connectivity index (χ4n) is 2.07. The number of ether oxygens (including phenoxy) is 1. The first-order valence-corrected chi connectivity index (χ1v) is 7.38. The fourth-order valence-corrected chi connectivity index (χ4v) is 2.07. The highest BCUT2D eigenvalue weighted by molar-refractivity contribution is 5.32. The van der Waals surface area contributed by atoms with Gasteiger partial charge in [-0.25, -0.2) is 0 Å². The average Bonchev–Trinajstić information content (AvgIpc) is 3.21. The first kappa shape index (κ1) is 14.9. The summed E-state index contributed by atoms with van der Waals surface area (Å²) in [6.45, 7) is 7.15. The Bertz CT molecular complexity index is 480. The van der Waals surface area contributed by atoms with Crippen LogP contribution in [0.5, 0.6) is 5.75 Å². The maximum atomic E-state index is 9.08. The van der Waals surface area contributed by atoms with Crippen LogP contribution in [0.1, 0.15) is 45.6 Å². The van der Waals surface area contributed by atoms with Crippen molar-refractivity contribution >= 4 is 0 Å². The predicted molar refractivity (Wildman–Crippen MR) is 80.8 cm³/mol. The molecule has 3 nitrogen and oxygen atoms in total. The van der Waals surface area contributed by atoms with E-state index in [-0.39, 0.29) is 11.5 Å². The summed E-state index contributed by atoms with van der Waals surface area (Å²) in [7, 11) is 0. The summed E-state index contributed by atoms with van der Waals surface area (Å²) >= 11 is 0. The summed E-state index contributed by atoms with van der Waals surface area (Å²) in [5.41, 5.74) is 1.39. The molecule has 1 fully saturated rings. The first-order chi connectivity index (χ1) is 9.49. The molecule has 1 saturated carbocycles. The van der Waals surface area contributed by atoms with E-state index in [4.69, 9.17) is 10.00 Å². The number of benzene rings is 1. The van der Waals surface area contributed by atoms with Gasteiger partial charge in [0, 0.05) is 12.5 Å². The van der Waals surface area contributed by atoms with E-state index in [1.165, 1.54) is 18.4 Å². The van der Waals surface area contributed by atoms with Crippen LogP contribution < -0.4 is 10.1 Å². The predicted octanol–water partition coefficient (Wildman–Crippen LogP) is 3.40. The molecule has 2 rings (SSSR count). The topological polar surface area (TPSA) is 45.0 Å². The molecule has 0 saturated heterocycles. The van der Waals surface area contributed by atoms with E-state index in [1.54, 1.807) is 0 Å². The molecule has 0 amide bonds. The molecule has 1 aromatic rings. The molecule has 3 heteroatoms. The van der Waals surface area contributed by atoms with E-state index in [2.05, 4.69) is 44.3 Å². The Morgan fingerprint density at radius 1 is 1.40 bits per heavy atom. The van der Waals surface area contributed by atoms with Gasteiger partial charge in [-0.05, 0) is 36.0 Å². The van der Waals surface area contributed by atoms with Crippen molar-refractivity contribution < 1.29 is 4.74 Å². The summed E-state index contributed by atoms with van der Waals surface area (Å²) in [5, 5.41) is 12.4. The zero-order valence-electron chi connectivity index (χ0n) is 12.6. The molecule has 0 spiro atoms. The third kappa shape index (κ3) is 4.54. The van der Waals surface area contributed by atoms with Gasteiger partial charge in [0.05, 0.1) is 18.7 Å². The van der Waals surface area contributed by atoms with Gasteiger partial charge in [0.25, 0.3) is 0 Å². The summed E-state index contributed by atoms with van der Waals surface area (Å²) in [5.74, 6) is 0.889. The third-order valence-corrected chi connectivity index (χ3v) is 3.55. The van der Waals surface area contributed by atoms with Crippen LogP contribution >= 0.6 is 0 Å². The summed E-state index contributed by atoms with van der Waals surface area (Å²) in [6.07, 6.45) is 3.13. The van der Waals surface area contributed by atoms with Crippen molar-refractivity contribution in [3.63, 3.8) is 0 Å². The lowest BCUT2D eigenvalue weighted by Gasteiger charge is -2.20. The Labute approximate surface area is 121 Å². The van der Waals surface area contributed by atoms with E-state index in [1.807, 2.05) is 12.1 Å². The monoisotopic (exact) mass is 272 g/mol. The molecule has 1 aliphatic carbocycles. The Hall–Kier alpha value is -1.53. The SMILES string of the molecule is CC(C)(C)c1cccc(OCCC(C#N)NC2CC2)c1. The minimum Gasteiger partial charge on any atom is -0.493 e. The smallest absolute Gasteiger partial charge is 0.119 e. The van der Waals surface area contributed by atoms with Gasteiger partial charge in [0.2, 0.25) is 0 Å². The van der Waals surface area contributed by atoms with Gasteiger partial charge in [0.15, 0.2) is 0 Å². The van der Waals surface area contributed by atoms with Gasteiger partial charge < -0.3 is 4.74 Å². The summed E-state index contributed by atoms with van der Waals surface area (Å²) in [6, 6.07) is 11.0. The number of hydrogen-bond acceptors (Lipinski definition) is 3. The molecule has 1 aliphatic rings. The van der Waals surface area contributed by atoms with Crippen molar-refractivity contribution in [1.29, 1.82) is 5.26 Å². The van der Waals surface area contributed by atoms with Crippen molar-refractivity contribution in [1.82, 2.24) is 5.32 Å². The van der Waals surface area contributed by atoms with Crippen LogP contribution in [0.15, 0.2) is 24.3 Å². The minimum absolute atomic E-state index is 0.0895. The van der Waals surface area contributed by atoms with E-state index in [0.29, 0.717) is 12.6 Å². The Kier molecular flexibility index (Phi) is 4.67. The van der Waals surface area contributed by atoms with Crippen LogP contribution in [0.2, 0.25) is 0 Å². The van der Waals surface area contributed by atoms with Gasteiger partial charge >= 0.3 is 0 Å². The molecule has 20 heavy (non-hydrogen) atoms. The molecule has 1 N–H and O–H groups in total. The molecule has 0 bridgehead atoms. The van der Waals surface area contributed by atoms with Gasteiger partial charge in [-0.3, -0.25) is 5.32 Å². The molecular formula is C17H24N2O. The molecule has 108 valence electrons. The third-order valence-electron chi connectivity index (χ3n) is 3.55. The standard InChI is InChI=1S/C17H24N2O/c1-17(2,3)13-5-4-6-16(11-13)20-10-9-15(12-18)19-14-7-8-14/h4-6,11,14-15,19H,7-10H2,1-3H3. The van der Waals surface area contributed by atoms with Crippen molar-refractivity contribution in [2.75, 3.05) is 6.61 Å². The molecule has 1 unspecified atom stereocenters. The second-order valence-electron chi connectivity index (χ2n) is 6.54. The quantitative estimate of drug-likeness (QED) is 0.863.